The fourth-order valence-electron chi connectivity index (χ4n) is 1.92. The van der Waals surface area contributed by atoms with Crippen molar-refractivity contribution in [3.05, 3.63) is 0 Å². The number of hydrogen-bond donors (Lipinski definition) is 1. The lowest BCUT2D eigenvalue weighted by Crippen LogP contribution is -2.44. The highest BCUT2D eigenvalue weighted by Gasteiger charge is 2.26. The topological polar surface area (TPSA) is 64.8 Å². The third-order valence-corrected chi connectivity index (χ3v) is 3.16. The number of carbonyl (C=O) groups is 1. The fraction of sp³-hybridized carbons (Fsp3) is 0.833. The maximum absolute atomic E-state index is 12.3. The first-order valence-corrected chi connectivity index (χ1v) is 6.73. The van der Waals surface area contributed by atoms with E-state index >= 15 is 0 Å². The Morgan fingerprint density at radius 1 is 1.50 bits per heavy atom. The molecule has 1 aliphatic heterocycles. The first-order valence-electron chi connectivity index (χ1n) is 6.32. The monoisotopic (exact) mass is 274 g/mol. The summed E-state index contributed by atoms with van der Waals surface area (Å²) in [6, 6.07) is 0. The van der Waals surface area contributed by atoms with E-state index in [1.807, 2.05) is 0 Å². The third-order valence-electron chi connectivity index (χ3n) is 2.96. The second-order valence-electron chi connectivity index (χ2n) is 4.39. The van der Waals surface area contributed by atoms with Gasteiger partial charge in [0, 0.05) is 33.2 Å². The molecule has 18 heavy (non-hydrogen) atoms. The van der Waals surface area contributed by atoms with Crippen LogP contribution in [0, 0.1) is 0 Å². The van der Waals surface area contributed by atoms with Crippen LogP contribution in [0.25, 0.3) is 0 Å². The van der Waals surface area contributed by atoms with Crippen LogP contribution in [0.3, 0.4) is 0 Å². The summed E-state index contributed by atoms with van der Waals surface area (Å²) in [5, 5.41) is 0. The number of carbonyl (C=O) groups excluding carboxylic acids is 1. The molecule has 1 amide bonds. The predicted molar refractivity (Wildman–Crippen MR) is 73.4 cm³/mol. The first kappa shape index (κ1) is 15.3. The standard InChI is InChI=1S/C12H22N2O3S/c1-16-9-7-14(6-5-11(13)18)12(15)10-4-2-3-8-17-10/h10H,2-9H2,1H3,(H2,13,18). The Morgan fingerprint density at radius 3 is 2.83 bits per heavy atom. The van der Waals surface area contributed by atoms with Crippen LogP contribution >= 0.6 is 12.2 Å². The smallest absolute Gasteiger partial charge is 0.251 e. The Balaban J connectivity index is 2.50. The van der Waals surface area contributed by atoms with Gasteiger partial charge in [-0.05, 0) is 19.3 Å². The Morgan fingerprint density at radius 2 is 2.28 bits per heavy atom. The maximum atomic E-state index is 12.3. The van der Waals surface area contributed by atoms with Crippen LogP contribution in [0.15, 0.2) is 0 Å². The molecule has 2 N–H and O–H groups in total. The van der Waals surface area contributed by atoms with Crippen molar-refractivity contribution in [1.82, 2.24) is 4.90 Å². The molecule has 1 unspecified atom stereocenters. The SMILES string of the molecule is COCCN(CCC(N)=S)C(=O)C1CCCCO1. The van der Waals surface area contributed by atoms with Crippen molar-refractivity contribution < 1.29 is 14.3 Å². The highest BCUT2D eigenvalue weighted by atomic mass is 32.1. The highest BCUT2D eigenvalue weighted by molar-refractivity contribution is 7.80. The number of hydrogen-bond acceptors (Lipinski definition) is 4. The van der Waals surface area contributed by atoms with Crippen molar-refractivity contribution >= 4 is 23.1 Å². The summed E-state index contributed by atoms with van der Waals surface area (Å²) in [5.41, 5.74) is 5.48. The average Bonchev–Trinajstić information content (AvgIpc) is 2.39. The van der Waals surface area contributed by atoms with Gasteiger partial charge in [0.2, 0.25) is 0 Å². The largest absolute Gasteiger partial charge is 0.393 e. The molecule has 1 fully saturated rings. The Hall–Kier alpha value is -0.720. The summed E-state index contributed by atoms with van der Waals surface area (Å²) in [5.74, 6) is 0.0306. The van der Waals surface area contributed by atoms with Gasteiger partial charge in [-0.25, -0.2) is 0 Å². The van der Waals surface area contributed by atoms with Gasteiger partial charge >= 0.3 is 0 Å². The second-order valence-corrected chi connectivity index (χ2v) is 4.91. The molecule has 0 aromatic heterocycles. The van der Waals surface area contributed by atoms with Crippen LogP contribution in [-0.4, -0.2) is 55.3 Å². The minimum Gasteiger partial charge on any atom is -0.393 e. The van der Waals surface area contributed by atoms with E-state index in [4.69, 9.17) is 27.4 Å². The van der Waals surface area contributed by atoms with Gasteiger partial charge in [0.25, 0.3) is 5.91 Å². The van der Waals surface area contributed by atoms with Gasteiger partial charge < -0.3 is 20.1 Å². The van der Waals surface area contributed by atoms with Crippen molar-refractivity contribution in [2.45, 2.75) is 31.8 Å². The summed E-state index contributed by atoms with van der Waals surface area (Å²) in [6.45, 7) is 2.27. The van der Waals surface area contributed by atoms with Gasteiger partial charge in [0.15, 0.2) is 0 Å². The van der Waals surface area contributed by atoms with Crippen LogP contribution in [-0.2, 0) is 14.3 Å². The number of ether oxygens (including phenoxy) is 2. The first-order chi connectivity index (χ1) is 8.65. The zero-order valence-electron chi connectivity index (χ0n) is 10.9. The molecular weight excluding hydrogens is 252 g/mol. The molecule has 0 bridgehead atoms. The minimum atomic E-state index is -0.304. The van der Waals surface area contributed by atoms with Crippen LogP contribution in [0.5, 0.6) is 0 Å². The van der Waals surface area contributed by atoms with E-state index in [1.54, 1.807) is 12.0 Å². The van der Waals surface area contributed by atoms with Crippen molar-refractivity contribution in [2.24, 2.45) is 5.73 Å². The summed E-state index contributed by atoms with van der Waals surface area (Å²) in [6.07, 6.45) is 3.12. The van der Waals surface area contributed by atoms with Gasteiger partial charge in [-0.15, -0.1) is 0 Å². The van der Waals surface area contributed by atoms with E-state index < -0.39 is 0 Å². The van der Waals surface area contributed by atoms with Crippen molar-refractivity contribution in [2.75, 3.05) is 33.4 Å². The molecule has 1 heterocycles. The zero-order chi connectivity index (χ0) is 13.4. The second kappa shape index (κ2) is 8.39. The number of nitrogens with two attached hydrogens (primary N) is 1. The van der Waals surface area contributed by atoms with Gasteiger partial charge in [-0.3, -0.25) is 4.79 Å². The molecule has 0 aliphatic carbocycles. The average molecular weight is 274 g/mol. The van der Waals surface area contributed by atoms with Gasteiger partial charge in [-0.2, -0.15) is 0 Å². The number of rotatable bonds is 7. The Kier molecular flexibility index (Phi) is 7.15. The molecule has 0 aromatic carbocycles. The summed E-state index contributed by atoms with van der Waals surface area (Å²) in [7, 11) is 1.62. The van der Waals surface area contributed by atoms with Crippen molar-refractivity contribution in [1.29, 1.82) is 0 Å². The maximum Gasteiger partial charge on any atom is 0.251 e. The van der Waals surface area contributed by atoms with Crippen molar-refractivity contribution in [3.8, 4) is 0 Å². The van der Waals surface area contributed by atoms with Gasteiger partial charge in [0.1, 0.15) is 6.10 Å². The predicted octanol–water partition coefficient (Wildman–Crippen LogP) is 0.707. The van der Waals surface area contributed by atoms with E-state index in [9.17, 15) is 4.79 Å². The molecule has 104 valence electrons. The van der Waals surface area contributed by atoms with E-state index in [0.29, 0.717) is 37.7 Å². The minimum absolute atomic E-state index is 0.0306. The van der Waals surface area contributed by atoms with E-state index in [1.165, 1.54) is 0 Å². The number of methoxy groups -OCH3 is 1. The van der Waals surface area contributed by atoms with Crippen LogP contribution in [0.2, 0.25) is 0 Å². The third kappa shape index (κ3) is 5.29. The summed E-state index contributed by atoms with van der Waals surface area (Å²) >= 11 is 4.85. The normalized spacial score (nSPS) is 19.5. The van der Waals surface area contributed by atoms with Gasteiger partial charge in [0.05, 0.1) is 11.6 Å². The highest BCUT2D eigenvalue weighted by Crippen LogP contribution is 2.15. The molecule has 0 saturated carbocycles. The van der Waals surface area contributed by atoms with Crippen LogP contribution < -0.4 is 5.73 Å². The lowest BCUT2D eigenvalue weighted by atomic mass is 10.1. The lowest BCUT2D eigenvalue weighted by molar-refractivity contribution is -0.147. The molecule has 1 aliphatic rings. The van der Waals surface area contributed by atoms with Crippen LogP contribution in [0.1, 0.15) is 25.7 Å². The molecule has 0 spiro atoms. The van der Waals surface area contributed by atoms with Gasteiger partial charge in [-0.1, -0.05) is 12.2 Å². The molecule has 6 heteroatoms. The molecule has 0 radical (unpaired) electrons. The number of amides is 1. The van der Waals surface area contributed by atoms with Crippen LogP contribution in [0.4, 0.5) is 0 Å². The molecule has 5 nitrogen and oxygen atoms in total. The number of thiocarbonyl (C=S) groups is 1. The molecular formula is C12H22N2O3S. The Bertz CT molecular complexity index is 280. The van der Waals surface area contributed by atoms with E-state index in [0.717, 1.165) is 19.3 Å². The zero-order valence-corrected chi connectivity index (χ0v) is 11.7. The summed E-state index contributed by atoms with van der Waals surface area (Å²) in [4.78, 5) is 14.4. The molecule has 1 rings (SSSR count). The quantitative estimate of drug-likeness (QED) is 0.693. The molecule has 1 saturated heterocycles. The van der Waals surface area contributed by atoms with Crippen molar-refractivity contribution in [3.63, 3.8) is 0 Å². The lowest BCUT2D eigenvalue weighted by Gasteiger charge is -2.29. The van der Waals surface area contributed by atoms with E-state index in [2.05, 4.69) is 0 Å². The summed E-state index contributed by atoms with van der Waals surface area (Å²) < 4.78 is 10.5. The molecule has 1 atom stereocenters. The Labute approximate surface area is 114 Å². The molecule has 0 aromatic rings. The fourth-order valence-corrected chi connectivity index (χ4v) is 2.01. The van der Waals surface area contributed by atoms with E-state index in [-0.39, 0.29) is 12.0 Å². The number of nitrogens with zero attached hydrogens (tertiary/aromatic N) is 1.